The van der Waals surface area contributed by atoms with Crippen molar-refractivity contribution in [1.82, 2.24) is 4.90 Å². The van der Waals surface area contributed by atoms with Crippen LogP contribution in [0.3, 0.4) is 0 Å². The highest BCUT2D eigenvalue weighted by Crippen LogP contribution is 2.35. The van der Waals surface area contributed by atoms with Gasteiger partial charge in [0.05, 0.1) is 19.8 Å². The standard InChI is InChI=1S/C23H30N2O3/c1-16(2)18-8-6-17(7-9-18)15-25-13-12-23(25,3)22(26)24-19-10-11-20(27-4)21(14-19)28-5/h6-11,14,16H,12-13,15H2,1-5H3,(H,24,26). The molecule has 1 atom stereocenters. The molecular formula is C23H30N2O3. The molecule has 0 bridgehead atoms. The van der Waals surface area contributed by atoms with Gasteiger partial charge in [-0.2, -0.15) is 0 Å². The van der Waals surface area contributed by atoms with Gasteiger partial charge in [-0.15, -0.1) is 0 Å². The summed E-state index contributed by atoms with van der Waals surface area (Å²) in [6.07, 6.45) is 0.843. The van der Waals surface area contributed by atoms with Crippen LogP contribution in [0.2, 0.25) is 0 Å². The molecule has 5 heteroatoms. The third-order valence-corrected chi connectivity index (χ3v) is 5.72. The number of nitrogens with zero attached hydrogens (tertiary/aromatic N) is 1. The van der Waals surface area contributed by atoms with Gasteiger partial charge >= 0.3 is 0 Å². The van der Waals surface area contributed by atoms with Gasteiger partial charge in [-0.25, -0.2) is 0 Å². The number of ether oxygens (including phenoxy) is 2. The molecule has 0 aromatic heterocycles. The van der Waals surface area contributed by atoms with Crippen LogP contribution < -0.4 is 14.8 Å². The number of likely N-dealkylation sites (tertiary alicyclic amines) is 1. The molecule has 1 fully saturated rings. The number of nitrogens with one attached hydrogen (secondary N) is 1. The molecule has 0 aliphatic carbocycles. The molecule has 150 valence electrons. The summed E-state index contributed by atoms with van der Waals surface area (Å²) in [7, 11) is 3.18. The van der Waals surface area contributed by atoms with Crippen LogP contribution >= 0.6 is 0 Å². The number of hydrogen-bond donors (Lipinski definition) is 1. The van der Waals surface area contributed by atoms with E-state index in [2.05, 4.69) is 48.3 Å². The first-order valence-electron chi connectivity index (χ1n) is 9.74. The van der Waals surface area contributed by atoms with Crippen molar-refractivity contribution in [2.75, 3.05) is 26.1 Å². The van der Waals surface area contributed by atoms with Crippen molar-refractivity contribution >= 4 is 11.6 Å². The van der Waals surface area contributed by atoms with Crippen LogP contribution in [0, 0.1) is 0 Å². The second-order valence-electron chi connectivity index (χ2n) is 7.87. The Balaban J connectivity index is 1.67. The van der Waals surface area contributed by atoms with Gasteiger partial charge in [0.1, 0.15) is 0 Å². The zero-order chi connectivity index (χ0) is 20.3. The monoisotopic (exact) mass is 382 g/mol. The van der Waals surface area contributed by atoms with Crippen molar-refractivity contribution in [3.63, 3.8) is 0 Å². The van der Waals surface area contributed by atoms with Crippen molar-refractivity contribution in [3.05, 3.63) is 53.6 Å². The first-order valence-corrected chi connectivity index (χ1v) is 9.74. The maximum Gasteiger partial charge on any atom is 0.244 e. The fraction of sp³-hybridized carbons (Fsp3) is 0.435. The van der Waals surface area contributed by atoms with Crippen molar-refractivity contribution in [2.24, 2.45) is 0 Å². The molecule has 0 radical (unpaired) electrons. The minimum absolute atomic E-state index is 0.00442. The molecule has 1 saturated heterocycles. The van der Waals surface area contributed by atoms with Crippen LogP contribution in [0.25, 0.3) is 0 Å². The van der Waals surface area contributed by atoms with Crippen molar-refractivity contribution < 1.29 is 14.3 Å². The molecule has 1 aliphatic rings. The molecule has 1 aliphatic heterocycles. The van der Waals surface area contributed by atoms with Gasteiger partial charge in [-0.3, -0.25) is 9.69 Å². The summed E-state index contributed by atoms with van der Waals surface area (Å²) < 4.78 is 10.6. The number of carbonyl (C=O) groups is 1. The zero-order valence-corrected chi connectivity index (χ0v) is 17.4. The lowest BCUT2D eigenvalue weighted by Crippen LogP contribution is -2.63. The SMILES string of the molecule is COc1ccc(NC(=O)C2(C)CCN2Cc2ccc(C(C)C)cc2)cc1OC. The minimum atomic E-state index is -0.510. The lowest BCUT2D eigenvalue weighted by Gasteiger charge is -2.49. The Kier molecular flexibility index (Phi) is 5.94. The number of hydrogen-bond acceptors (Lipinski definition) is 4. The number of methoxy groups -OCH3 is 2. The van der Waals surface area contributed by atoms with Crippen LogP contribution in [0.1, 0.15) is 44.2 Å². The molecule has 28 heavy (non-hydrogen) atoms. The Bertz CT molecular complexity index is 832. The molecule has 0 spiro atoms. The molecule has 0 saturated carbocycles. The predicted molar refractivity (Wildman–Crippen MR) is 112 cm³/mol. The van der Waals surface area contributed by atoms with Gasteiger partial charge < -0.3 is 14.8 Å². The van der Waals surface area contributed by atoms with Gasteiger partial charge in [-0.1, -0.05) is 38.1 Å². The summed E-state index contributed by atoms with van der Waals surface area (Å²) in [6, 6.07) is 14.1. The molecule has 5 nitrogen and oxygen atoms in total. The van der Waals surface area contributed by atoms with Crippen LogP contribution in [0.5, 0.6) is 11.5 Å². The molecule has 1 N–H and O–H groups in total. The Morgan fingerprint density at radius 2 is 1.79 bits per heavy atom. The van der Waals surface area contributed by atoms with E-state index < -0.39 is 5.54 Å². The predicted octanol–water partition coefficient (Wildman–Crippen LogP) is 4.43. The largest absolute Gasteiger partial charge is 0.493 e. The minimum Gasteiger partial charge on any atom is -0.493 e. The summed E-state index contributed by atoms with van der Waals surface area (Å²) in [4.78, 5) is 15.2. The first kappa shape index (κ1) is 20.2. The van der Waals surface area contributed by atoms with Crippen molar-refractivity contribution in [3.8, 4) is 11.5 Å². The highest BCUT2D eigenvalue weighted by Gasteiger charge is 2.46. The Labute approximate surface area is 167 Å². The first-order chi connectivity index (χ1) is 13.4. The van der Waals surface area contributed by atoms with E-state index in [1.165, 1.54) is 11.1 Å². The van der Waals surface area contributed by atoms with Gasteiger partial charge in [0, 0.05) is 24.8 Å². The third-order valence-electron chi connectivity index (χ3n) is 5.72. The van der Waals surface area contributed by atoms with Gasteiger partial charge in [0.2, 0.25) is 5.91 Å². The van der Waals surface area contributed by atoms with Gasteiger partial charge in [0.25, 0.3) is 0 Å². The normalized spacial score (nSPS) is 19.2. The molecule has 1 heterocycles. The summed E-state index contributed by atoms with van der Waals surface area (Å²) in [5.41, 5.74) is 2.76. The van der Waals surface area contributed by atoms with E-state index in [-0.39, 0.29) is 5.91 Å². The van der Waals surface area contributed by atoms with Gasteiger partial charge in [-0.05, 0) is 42.5 Å². The average molecular weight is 383 g/mol. The van der Waals surface area contributed by atoms with Crippen LogP contribution in [0.4, 0.5) is 5.69 Å². The Morgan fingerprint density at radius 3 is 2.32 bits per heavy atom. The summed E-state index contributed by atoms with van der Waals surface area (Å²) in [5, 5.41) is 3.03. The average Bonchev–Trinajstić information content (AvgIpc) is 2.70. The van der Waals surface area contributed by atoms with Gasteiger partial charge in [0.15, 0.2) is 11.5 Å². The van der Waals surface area contributed by atoms with Crippen molar-refractivity contribution in [1.29, 1.82) is 0 Å². The van der Waals surface area contributed by atoms with E-state index in [0.717, 1.165) is 19.5 Å². The van der Waals surface area contributed by atoms with Crippen LogP contribution in [0.15, 0.2) is 42.5 Å². The van der Waals surface area contributed by atoms with E-state index in [1.54, 1.807) is 26.4 Å². The number of benzene rings is 2. The molecular weight excluding hydrogens is 352 g/mol. The highest BCUT2D eigenvalue weighted by molar-refractivity contribution is 5.98. The third kappa shape index (κ3) is 3.99. The van der Waals surface area contributed by atoms with Crippen molar-refractivity contribution in [2.45, 2.75) is 45.2 Å². The fourth-order valence-electron chi connectivity index (χ4n) is 3.52. The number of rotatable bonds is 7. The molecule has 2 aromatic carbocycles. The number of amides is 1. The van der Waals surface area contributed by atoms with Crippen LogP contribution in [-0.4, -0.2) is 37.1 Å². The van der Waals surface area contributed by atoms with E-state index in [0.29, 0.717) is 23.1 Å². The van der Waals surface area contributed by atoms with E-state index in [1.807, 2.05) is 13.0 Å². The number of anilines is 1. The lowest BCUT2D eigenvalue weighted by molar-refractivity contribution is -0.136. The maximum atomic E-state index is 13.0. The quantitative estimate of drug-likeness (QED) is 0.770. The summed E-state index contributed by atoms with van der Waals surface area (Å²) >= 11 is 0. The second kappa shape index (κ2) is 8.23. The topological polar surface area (TPSA) is 50.8 Å². The molecule has 1 unspecified atom stereocenters. The highest BCUT2D eigenvalue weighted by atomic mass is 16.5. The molecule has 1 amide bonds. The zero-order valence-electron chi connectivity index (χ0n) is 17.4. The Morgan fingerprint density at radius 1 is 1.11 bits per heavy atom. The molecule has 3 rings (SSSR count). The fourth-order valence-corrected chi connectivity index (χ4v) is 3.52. The second-order valence-corrected chi connectivity index (χ2v) is 7.87. The van der Waals surface area contributed by atoms with Crippen LogP contribution in [-0.2, 0) is 11.3 Å². The van der Waals surface area contributed by atoms with E-state index >= 15 is 0 Å². The maximum absolute atomic E-state index is 13.0. The van der Waals surface area contributed by atoms with E-state index in [4.69, 9.17) is 9.47 Å². The Hall–Kier alpha value is -2.53. The smallest absolute Gasteiger partial charge is 0.244 e. The van der Waals surface area contributed by atoms with E-state index in [9.17, 15) is 4.79 Å². The molecule has 2 aromatic rings. The number of carbonyl (C=O) groups excluding carboxylic acids is 1. The summed E-state index contributed by atoms with van der Waals surface area (Å²) in [6.45, 7) is 8.09. The lowest BCUT2D eigenvalue weighted by atomic mass is 9.85. The summed E-state index contributed by atoms with van der Waals surface area (Å²) in [5.74, 6) is 1.77.